The summed E-state index contributed by atoms with van der Waals surface area (Å²) >= 11 is 13.1. The van der Waals surface area contributed by atoms with E-state index in [-0.39, 0.29) is 31.6 Å². The van der Waals surface area contributed by atoms with E-state index in [0.29, 0.717) is 0 Å². The monoisotopic (exact) mass is 430 g/mol. The van der Waals surface area contributed by atoms with E-state index in [4.69, 9.17) is 23.2 Å². The second-order valence-corrected chi connectivity index (χ2v) is 9.08. The van der Waals surface area contributed by atoms with Crippen molar-refractivity contribution >= 4 is 32.7 Å². The van der Waals surface area contributed by atoms with Gasteiger partial charge in [-0.2, -0.15) is 0 Å². The summed E-state index contributed by atoms with van der Waals surface area (Å²) < 4.78 is 0. The second-order valence-electron chi connectivity index (χ2n) is 6.47. The summed E-state index contributed by atoms with van der Waals surface area (Å²) in [5.41, 5.74) is 5.77. The van der Waals surface area contributed by atoms with Crippen LogP contribution in [0.1, 0.15) is 60.8 Å². The summed E-state index contributed by atoms with van der Waals surface area (Å²) in [5, 5.41) is 5.26. The minimum Gasteiger partial charge on any atom is -0.0885 e. The third kappa shape index (κ3) is 3.10. The van der Waals surface area contributed by atoms with E-state index in [2.05, 4.69) is 41.5 Å². The van der Waals surface area contributed by atoms with Crippen LogP contribution in [0.4, 0.5) is 0 Å². The quantitative estimate of drug-likeness (QED) is 0.482. The minimum absolute atomic E-state index is 0. The normalized spacial score (nSPS) is 21.8. The van der Waals surface area contributed by atoms with Gasteiger partial charge in [0.1, 0.15) is 0 Å². The molecular formula is C18H26Cl2SiZr. The molecule has 0 bridgehead atoms. The molecule has 0 aromatic rings. The van der Waals surface area contributed by atoms with Gasteiger partial charge in [-0.1, -0.05) is 58.6 Å². The van der Waals surface area contributed by atoms with Crippen molar-refractivity contribution in [3.8, 4) is 0 Å². The van der Waals surface area contributed by atoms with Crippen molar-refractivity contribution in [1.82, 2.24) is 0 Å². The van der Waals surface area contributed by atoms with E-state index >= 15 is 0 Å². The van der Waals surface area contributed by atoms with Gasteiger partial charge >= 0.3 is 0 Å². The molecule has 22 heavy (non-hydrogen) atoms. The SMILES string of the molecule is CCC1(CC)C(C)=C([SiH2]C2=C(C)CC(Cl)=C2C)C(C)=C1Cl.[Zr]. The first-order chi connectivity index (χ1) is 9.80. The van der Waals surface area contributed by atoms with Crippen molar-refractivity contribution in [3.63, 3.8) is 0 Å². The van der Waals surface area contributed by atoms with Gasteiger partial charge in [0, 0.05) is 48.1 Å². The van der Waals surface area contributed by atoms with Gasteiger partial charge in [-0.15, -0.1) is 0 Å². The van der Waals surface area contributed by atoms with Crippen LogP contribution in [0, 0.1) is 5.41 Å². The van der Waals surface area contributed by atoms with Crippen molar-refractivity contribution in [2.24, 2.45) is 5.41 Å². The molecular weight excluding hydrogens is 406 g/mol. The molecule has 0 atom stereocenters. The zero-order valence-corrected chi connectivity index (χ0v) is 20.0. The predicted molar refractivity (Wildman–Crippen MR) is 98.7 cm³/mol. The summed E-state index contributed by atoms with van der Waals surface area (Å²) in [5.74, 6) is 0. The van der Waals surface area contributed by atoms with Gasteiger partial charge in [-0.25, -0.2) is 0 Å². The smallest absolute Gasteiger partial charge is 0.0882 e. The number of hydrogen-bond donors (Lipinski definition) is 0. The first-order valence-electron chi connectivity index (χ1n) is 7.91. The Bertz CT molecular complexity index is 605. The summed E-state index contributed by atoms with van der Waals surface area (Å²) in [4.78, 5) is 0. The zero-order chi connectivity index (χ0) is 15.9. The van der Waals surface area contributed by atoms with Crippen LogP contribution in [-0.4, -0.2) is 9.52 Å². The van der Waals surface area contributed by atoms with Crippen molar-refractivity contribution in [1.29, 1.82) is 0 Å². The first-order valence-corrected chi connectivity index (χ1v) is 10.1. The molecule has 120 valence electrons. The maximum absolute atomic E-state index is 6.77. The third-order valence-electron chi connectivity index (χ3n) is 5.73. The van der Waals surface area contributed by atoms with Gasteiger partial charge in [0.25, 0.3) is 0 Å². The Morgan fingerprint density at radius 2 is 1.50 bits per heavy atom. The van der Waals surface area contributed by atoms with Crippen LogP contribution in [-0.2, 0) is 26.2 Å². The predicted octanol–water partition coefficient (Wildman–Crippen LogP) is 5.95. The molecule has 0 saturated carbocycles. The Balaban J connectivity index is 0.00000242. The average molecular weight is 433 g/mol. The second kappa shape index (κ2) is 7.68. The van der Waals surface area contributed by atoms with Crippen LogP contribution < -0.4 is 0 Å². The maximum Gasteiger partial charge on any atom is 0.0882 e. The molecule has 4 heteroatoms. The third-order valence-corrected chi connectivity index (χ3v) is 9.69. The standard InChI is InChI=1S/C18H26Cl2Si.Zr/c1-7-18(8-2)13(6)16(12(5)17(18)20)21-15-10(3)9-14(19)11(15)4;/h7-9,21H2,1-6H3;. The maximum atomic E-state index is 6.77. The Morgan fingerprint density at radius 3 is 1.86 bits per heavy atom. The number of rotatable bonds is 4. The minimum atomic E-state index is -0.502. The van der Waals surface area contributed by atoms with Gasteiger partial charge in [-0.3, -0.25) is 0 Å². The Kier molecular flexibility index (Phi) is 7.22. The van der Waals surface area contributed by atoms with E-state index in [0.717, 1.165) is 29.3 Å². The van der Waals surface area contributed by atoms with Gasteiger partial charge in [0.15, 0.2) is 0 Å². The van der Waals surface area contributed by atoms with Gasteiger partial charge in [0.05, 0.1) is 9.52 Å². The van der Waals surface area contributed by atoms with Crippen molar-refractivity contribution in [2.45, 2.75) is 60.8 Å². The van der Waals surface area contributed by atoms with Gasteiger partial charge in [0.2, 0.25) is 0 Å². The van der Waals surface area contributed by atoms with Crippen molar-refractivity contribution in [3.05, 3.63) is 42.7 Å². The fourth-order valence-electron chi connectivity index (χ4n) is 4.00. The number of allylic oxidation sites excluding steroid dienone is 8. The fourth-order valence-corrected chi connectivity index (χ4v) is 7.36. The Hall–Kier alpha value is 0.640. The van der Waals surface area contributed by atoms with E-state index in [1.165, 1.54) is 22.3 Å². The molecule has 0 radical (unpaired) electrons. The van der Waals surface area contributed by atoms with E-state index in [1.807, 2.05) is 0 Å². The Morgan fingerprint density at radius 1 is 0.955 bits per heavy atom. The Labute approximate surface area is 167 Å². The molecule has 0 aromatic heterocycles. The molecule has 2 rings (SSSR count). The van der Waals surface area contributed by atoms with Gasteiger partial charge < -0.3 is 0 Å². The molecule has 2 aliphatic rings. The molecule has 0 unspecified atom stereocenters. The van der Waals surface area contributed by atoms with Crippen LogP contribution >= 0.6 is 23.2 Å². The molecule has 0 N–H and O–H groups in total. The van der Waals surface area contributed by atoms with Crippen LogP contribution in [0.2, 0.25) is 0 Å². The summed E-state index contributed by atoms with van der Waals surface area (Å²) in [6.45, 7) is 13.5. The topological polar surface area (TPSA) is 0 Å². The van der Waals surface area contributed by atoms with Gasteiger partial charge in [-0.05, 0) is 51.7 Å². The molecule has 0 saturated heterocycles. The summed E-state index contributed by atoms with van der Waals surface area (Å²) in [7, 11) is -0.502. The average Bonchev–Trinajstić information content (AvgIpc) is 2.80. The molecule has 0 nitrogen and oxygen atoms in total. The van der Waals surface area contributed by atoms with E-state index in [9.17, 15) is 0 Å². The zero-order valence-electron chi connectivity index (χ0n) is 14.6. The number of hydrogen-bond acceptors (Lipinski definition) is 0. The molecule has 0 fully saturated rings. The van der Waals surface area contributed by atoms with E-state index in [1.54, 1.807) is 10.4 Å². The molecule has 0 spiro atoms. The molecule has 0 heterocycles. The van der Waals surface area contributed by atoms with Crippen LogP contribution in [0.15, 0.2) is 42.7 Å². The first kappa shape index (κ1) is 20.7. The summed E-state index contributed by atoms with van der Waals surface area (Å²) in [6.07, 6.45) is 3.14. The van der Waals surface area contributed by atoms with Crippen molar-refractivity contribution in [2.75, 3.05) is 0 Å². The summed E-state index contributed by atoms with van der Waals surface area (Å²) in [6, 6.07) is 0. The number of halogens is 2. The molecule has 0 aliphatic heterocycles. The molecule has 2 aliphatic carbocycles. The largest absolute Gasteiger partial charge is 0.0885 e. The van der Waals surface area contributed by atoms with Crippen LogP contribution in [0.3, 0.4) is 0 Å². The van der Waals surface area contributed by atoms with Crippen LogP contribution in [0.5, 0.6) is 0 Å². The molecule has 0 aromatic carbocycles. The fraction of sp³-hybridized carbons (Fsp3) is 0.556. The molecule has 0 amide bonds. The van der Waals surface area contributed by atoms with E-state index < -0.39 is 9.52 Å². The van der Waals surface area contributed by atoms with Crippen LogP contribution in [0.25, 0.3) is 0 Å². The van der Waals surface area contributed by atoms with Crippen molar-refractivity contribution < 1.29 is 26.2 Å².